The van der Waals surface area contributed by atoms with Gasteiger partial charge in [0.15, 0.2) is 5.96 Å². The summed E-state index contributed by atoms with van der Waals surface area (Å²) in [4.78, 5) is 9.70. The summed E-state index contributed by atoms with van der Waals surface area (Å²) in [5.41, 5.74) is 2.57. The van der Waals surface area contributed by atoms with E-state index in [0.29, 0.717) is 0 Å². The Bertz CT molecular complexity index is 602. The van der Waals surface area contributed by atoms with Crippen molar-refractivity contribution >= 4 is 5.96 Å². The van der Waals surface area contributed by atoms with Gasteiger partial charge in [0.2, 0.25) is 0 Å². The molecule has 150 valence electrons. The van der Waals surface area contributed by atoms with Crippen LogP contribution in [0.5, 0.6) is 0 Å². The average molecular weight is 375 g/mol. The van der Waals surface area contributed by atoms with Crippen molar-refractivity contribution in [2.24, 2.45) is 4.99 Å². The third kappa shape index (κ3) is 5.92. The summed E-state index contributed by atoms with van der Waals surface area (Å²) < 4.78 is 11.5. The third-order valence-electron chi connectivity index (χ3n) is 5.23. The molecule has 2 aliphatic rings. The molecule has 1 unspecified atom stereocenters. The number of nitrogens with zero attached hydrogens (tertiary/aromatic N) is 3. The minimum absolute atomic E-state index is 0.108. The molecule has 0 amide bonds. The van der Waals surface area contributed by atoms with E-state index in [0.717, 1.165) is 78.0 Å². The molecule has 2 fully saturated rings. The van der Waals surface area contributed by atoms with Crippen molar-refractivity contribution < 1.29 is 9.47 Å². The predicted octanol–water partition coefficient (Wildman–Crippen LogP) is 2.06. The molecule has 2 saturated heterocycles. The molecular weight excluding hydrogens is 340 g/mol. The van der Waals surface area contributed by atoms with Gasteiger partial charge in [-0.2, -0.15) is 0 Å². The van der Waals surface area contributed by atoms with Crippen LogP contribution in [0.2, 0.25) is 0 Å². The summed E-state index contributed by atoms with van der Waals surface area (Å²) in [6, 6.07) is 8.51. The van der Waals surface area contributed by atoms with Gasteiger partial charge < -0.3 is 19.7 Å². The highest BCUT2D eigenvalue weighted by molar-refractivity contribution is 5.80. The zero-order valence-electron chi connectivity index (χ0n) is 16.8. The zero-order valence-corrected chi connectivity index (χ0v) is 16.8. The van der Waals surface area contributed by atoms with Gasteiger partial charge in [0, 0.05) is 39.3 Å². The van der Waals surface area contributed by atoms with Crippen molar-refractivity contribution in [2.45, 2.75) is 26.4 Å². The average Bonchev–Trinajstić information content (AvgIpc) is 2.71. The second-order valence-electron chi connectivity index (χ2n) is 7.21. The van der Waals surface area contributed by atoms with Crippen LogP contribution in [-0.4, -0.2) is 81.4 Å². The third-order valence-corrected chi connectivity index (χ3v) is 5.23. The number of nitrogens with one attached hydrogen (secondary N) is 1. The lowest BCUT2D eigenvalue weighted by atomic mass is 10.0. The Morgan fingerprint density at radius 2 is 2.00 bits per heavy atom. The Hall–Kier alpha value is -1.63. The van der Waals surface area contributed by atoms with E-state index in [-0.39, 0.29) is 6.10 Å². The molecule has 0 aromatic heterocycles. The van der Waals surface area contributed by atoms with E-state index in [1.54, 1.807) is 0 Å². The standard InChI is InChI=1S/C21H34N4O2/c1-3-22-21(23-9-6-10-24-11-14-26-15-12-24)25-13-16-27-20(17-25)19-8-5-4-7-18(19)2/h4-5,7-8,20H,3,6,9-17H2,1-2H3,(H,22,23). The fourth-order valence-electron chi connectivity index (χ4n) is 3.71. The van der Waals surface area contributed by atoms with Crippen LogP contribution < -0.4 is 5.32 Å². The van der Waals surface area contributed by atoms with Crippen molar-refractivity contribution in [2.75, 3.05) is 65.6 Å². The summed E-state index contributed by atoms with van der Waals surface area (Å²) in [7, 11) is 0. The summed E-state index contributed by atoms with van der Waals surface area (Å²) in [5.74, 6) is 1.02. The summed E-state index contributed by atoms with van der Waals surface area (Å²) in [5, 5.41) is 3.46. The highest BCUT2D eigenvalue weighted by Crippen LogP contribution is 2.24. The van der Waals surface area contributed by atoms with Crippen LogP contribution >= 0.6 is 0 Å². The largest absolute Gasteiger partial charge is 0.379 e. The van der Waals surface area contributed by atoms with Crippen molar-refractivity contribution in [3.05, 3.63) is 35.4 Å². The van der Waals surface area contributed by atoms with Gasteiger partial charge in [-0.25, -0.2) is 0 Å². The van der Waals surface area contributed by atoms with Crippen molar-refractivity contribution in [3.63, 3.8) is 0 Å². The first-order valence-electron chi connectivity index (χ1n) is 10.3. The fourth-order valence-corrected chi connectivity index (χ4v) is 3.71. The van der Waals surface area contributed by atoms with Gasteiger partial charge in [0.05, 0.1) is 26.4 Å². The molecule has 0 radical (unpaired) electrons. The Morgan fingerprint density at radius 1 is 1.19 bits per heavy atom. The number of hydrogen-bond acceptors (Lipinski definition) is 4. The molecule has 1 N–H and O–H groups in total. The molecule has 0 bridgehead atoms. The molecule has 1 aromatic rings. The minimum atomic E-state index is 0.108. The highest BCUT2D eigenvalue weighted by atomic mass is 16.5. The number of morpholine rings is 2. The smallest absolute Gasteiger partial charge is 0.194 e. The highest BCUT2D eigenvalue weighted by Gasteiger charge is 2.25. The maximum absolute atomic E-state index is 6.07. The SMILES string of the molecule is CCNC(=NCCCN1CCOCC1)N1CCOC(c2ccccc2C)C1. The van der Waals surface area contributed by atoms with E-state index >= 15 is 0 Å². The van der Waals surface area contributed by atoms with Crippen LogP contribution in [-0.2, 0) is 9.47 Å². The molecular formula is C21H34N4O2. The van der Waals surface area contributed by atoms with Crippen molar-refractivity contribution in [1.29, 1.82) is 0 Å². The lowest BCUT2D eigenvalue weighted by Gasteiger charge is -2.36. The van der Waals surface area contributed by atoms with Gasteiger partial charge >= 0.3 is 0 Å². The van der Waals surface area contributed by atoms with Gasteiger partial charge in [0.1, 0.15) is 6.10 Å². The quantitative estimate of drug-likeness (QED) is 0.469. The Balaban J connectivity index is 1.55. The van der Waals surface area contributed by atoms with Crippen LogP contribution in [0.25, 0.3) is 0 Å². The first kappa shape index (κ1) is 20.1. The second kappa shape index (κ2) is 10.6. The van der Waals surface area contributed by atoms with Crippen LogP contribution in [0.3, 0.4) is 0 Å². The molecule has 2 heterocycles. The fraction of sp³-hybridized carbons (Fsp3) is 0.667. The first-order chi connectivity index (χ1) is 13.3. The number of aliphatic imine (C=N–C) groups is 1. The van der Waals surface area contributed by atoms with E-state index in [2.05, 4.69) is 53.2 Å². The van der Waals surface area contributed by atoms with Crippen LogP contribution in [0.4, 0.5) is 0 Å². The maximum atomic E-state index is 6.07. The molecule has 6 nitrogen and oxygen atoms in total. The number of benzene rings is 1. The van der Waals surface area contributed by atoms with E-state index in [1.807, 2.05) is 0 Å². The molecule has 0 saturated carbocycles. The summed E-state index contributed by atoms with van der Waals surface area (Å²) in [6.45, 7) is 13.4. The Labute approximate surface area is 163 Å². The monoisotopic (exact) mass is 374 g/mol. The topological polar surface area (TPSA) is 49.3 Å². The predicted molar refractivity (Wildman–Crippen MR) is 109 cm³/mol. The van der Waals surface area contributed by atoms with E-state index in [1.165, 1.54) is 11.1 Å². The molecule has 27 heavy (non-hydrogen) atoms. The molecule has 6 heteroatoms. The molecule has 1 atom stereocenters. The van der Waals surface area contributed by atoms with Gasteiger partial charge in [-0.3, -0.25) is 9.89 Å². The van der Waals surface area contributed by atoms with Crippen molar-refractivity contribution in [3.8, 4) is 0 Å². The zero-order chi connectivity index (χ0) is 18.9. The van der Waals surface area contributed by atoms with E-state index in [9.17, 15) is 0 Å². The number of guanidine groups is 1. The molecule has 0 aliphatic carbocycles. The van der Waals surface area contributed by atoms with Gasteiger partial charge in [0.25, 0.3) is 0 Å². The Morgan fingerprint density at radius 3 is 2.78 bits per heavy atom. The summed E-state index contributed by atoms with van der Waals surface area (Å²) >= 11 is 0. The van der Waals surface area contributed by atoms with Crippen LogP contribution in [0, 0.1) is 6.92 Å². The number of hydrogen-bond donors (Lipinski definition) is 1. The lowest BCUT2D eigenvalue weighted by Crippen LogP contribution is -2.48. The van der Waals surface area contributed by atoms with E-state index in [4.69, 9.17) is 14.5 Å². The van der Waals surface area contributed by atoms with E-state index < -0.39 is 0 Å². The van der Waals surface area contributed by atoms with Crippen LogP contribution in [0.1, 0.15) is 30.6 Å². The lowest BCUT2D eigenvalue weighted by molar-refractivity contribution is -0.00833. The summed E-state index contributed by atoms with van der Waals surface area (Å²) in [6.07, 6.45) is 1.19. The van der Waals surface area contributed by atoms with Crippen LogP contribution in [0.15, 0.2) is 29.3 Å². The molecule has 2 aliphatic heterocycles. The minimum Gasteiger partial charge on any atom is -0.379 e. The van der Waals surface area contributed by atoms with Gasteiger partial charge in [-0.05, 0) is 31.4 Å². The van der Waals surface area contributed by atoms with Crippen molar-refractivity contribution in [1.82, 2.24) is 15.1 Å². The Kier molecular flexibility index (Phi) is 7.93. The molecule has 1 aromatic carbocycles. The number of aryl methyl sites for hydroxylation is 1. The van der Waals surface area contributed by atoms with Gasteiger partial charge in [-0.1, -0.05) is 24.3 Å². The number of rotatable bonds is 6. The first-order valence-corrected chi connectivity index (χ1v) is 10.3. The normalized spacial score (nSPS) is 22.1. The number of ether oxygens (including phenoxy) is 2. The van der Waals surface area contributed by atoms with Gasteiger partial charge in [-0.15, -0.1) is 0 Å². The second-order valence-corrected chi connectivity index (χ2v) is 7.21. The maximum Gasteiger partial charge on any atom is 0.194 e. The molecule has 0 spiro atoms. The molecule has 3 rings (SSSR count).